The van der Waals surface area contributed by atoms with Crippen molar-refractivity contribution in [3.05, 3.63) is 29.3 Å². The summed E-state index contributed by atoms with van der Waals surface area (Å²) in [5.74, 6) is 0.0569. The fourth-order valence-electron chi connectivity index (χ4n) is 2.16. The predicted octanol–water partition coefficient (Wildman–Crippen LogP) is 2.35. The van der Waals surface area contributed by atoms with Crippen LogP contribution in [0.4, 0.5) is 0 Å². The molecule has 25 heavy (non-hydrogen) atoms. The Balaban J connectivity index is 1.92. The topological polar surface area (TPSA) is 97.8 Å². The number of carbonyl (C=O) groups excluding carboxylic acids is 1. The van der Waals surface area contributed by atoms with Crippen LogP contribution in [0.3, 0.4) is 0 Å². The first kappa shape index (κ1) is 18.7. The van der Waals surface area contributed by atoms with Crippen LogP contribution in [0.25, 0.3) is 10.6 Å². The molecule has 0 atom stereocenters. The van der Waals surface area contributed by atoms with E-state index >= 15 is 0 Å². The van der Waals surface area contributed by atoms with Gasteiger partial charge in [0.05, 0.1) is 26.3 Å². The van der Waals surface area contributed by atoms with Gasteiger partial charge in [-0.25, -0.2) is 4.98 Å². The summed E-state index contributed by atoms with van der Waals surface area (Å²) in [4.78, 5) is 26.5. The highest BCUT2D eigenvalue weighted by Gasteiger charge is 2.10. The van der Waals surface area contributed by atoms with Gasteiger partial charge < -0.3 is 19.9 Å². The lowest BCUT2D eigenvalue weighted by molar-refractivity contribution is -0.138. The molecule has 2 aromatic rings. The fraction of sp³-hybridized carbons (Fsp3) is 0.353. The summed E-state index contributed by atoms with van der Waals surface area (Å²) < 4.78 is 10.5. The van der Waals surface area contributed by atoms with Gasteiger partial charge in [-0.2, -0.15) is 0 Å². The van der Waals surface area contributed by atoms with E-state index in [0.717, 1.165) is 16.3 Å². The third-order valence-corrected chi connectivity index (χ3v) is 4.39. The maximum Gasteiger partial charge on any atom is 0.303 e. The predicted molar refractivity (Wildman–Crippen MR) is 94.2 cm³/mol. The standard InChI is InChI=1S/C17H20N2O5S/c1-23-13-4-3-11(9-14(13)24-2)17-19-12(10-25-17)7-8-18-15(20)5-6-16(21)22/h3-4,9-10H,5-8H2,1-2H3,(H,18,20)(H,21,22). The van der Waals surface area contributed by atoms with E-state index < -0.39 is 5.97 Å². The van der Waals surface area contributed by atoms with Crippen molar-refractivity contribution in [2.75, 3.05) is 20.8 Å². The van der Waals surface area contributed by atoms with Gasteiger partial charge in [-0.1, -0.05) is 0 Å². The molecular formula is C17H20N2O5S. The largest absolute Gasteiger partial charge is 0.493 e. The van der Waals surface area contributed by atoms with Crippen LogP contribution in [0.5, 0.6) is 11.5 Å². The van der Waals surface area contributed by atoms with E-state index in [1.54, 1.807) is 14.2 Å². The summed E-state index contributed by atoms with van der Waals surface area (Å²) in [7, 11) is 3.17. The van der Waals surface area contributed by atoms with Crippen LogP contribution in [0, 0.1) is 0 Å². The Labute approximate surface area is 149 Å². The van der Waals surface area contributed by atoms with Crippen molar-refractivity contribution in [3.63, 3.8) is 0 Å². The second-order valence-corrected chi connectivity index (χ2v) is 6.07. The highest BCUT2D eigenvalue weighted by atomic mass is 32.1. The number of benzene rings is 1. The van der Waals surface area contributed by atoms with Gasteiger partial charge in [-0.15, -0.1) is 11.3 Å². The number of rotatable bonds is 9. The molecule has 134 valence electrons. The molecule has 1 amide bonds. The summed E-state index contributed by atoms with van der Waals surface area (Å²) in [6.07, 6.45) is 0.415. The molecule has 2 rings (SSSR count). The summed E-state index contributed by atoms with van der Waals surface area (Å²) in [6, 6.07) is 5.62. The van der Waals surface area contributed by atoms with Crippen molar-refractivity contribution in [2.45, 2.75) is 19.3 Å². The molecule has 1 aromatic carbocycles. The van der Waals surface area contributed by atoms with Gasteiger partial charge in [0.2, 0.25) is 5.91 Å². The molecule has 0 radical (unpaired) electrons. The van der Waals surface area contributed by atoms with Crippen LogP contribution in [0.2, 0.25) is 0 Å². The molecule has 0 saturated heterocycles. The van der Waals surface area contributed by atoms with E-state index in [1.807, 2.05) is 23.6 Å². The van der Waals surface area contributed by atoms with Gasteiger partial charge in [-0.05, 0) is 18.2 Å². The number of carboxylic acids is 1. The molecule has 0 saturated carbocycles. The van der Waals surface area contributed by atoms with Crippen LogP contribution >= 0.6 is 11.3 Å². The molecular weight excluding hydrogens is 344 g/mol. The van der Waals surface area contributed by atoms with Crippen molar-refractivity contribution in [1.82, 2.24) is 10.3 Å². The Hall–Kier alpha value is -2.61. The van der Waals surface area contributed by atoms with Crippen molar-refractivity contribution in [2.24, 2.45) is 0 Å². The first-order chi connectivity index (χ1) is 12.0. The molecule has 8 heteroatoms. The Morgan fingerprint density at radius 1 is 1.20 bits per heavy atom. The molecule has 1 heterocycles. The number of hydrogen-bond acceptors (Lipinski definition) is 6. The lowest BCUT2D eigenvalue weighted by Crippen LogP contribution is -2.26. The van der Waals surface area contributed by atoms with E-state index in [2.05, 4.69) is 10.3 Å². The smallest absolute Gasteiger partial charge is 0.303 e. The fourth-order valence-corrected chi connectivity index (χ4v) is 3.01. The summed E-state index contributed by atoms with van der Waals surface area (Å²) >= 11 is 1.51. The Morgan fingerprint density at radius 2 is 1.96 bits per heavy atom. The normalized spacial score (nSPS) is 10.3. The lowest BCUT2D eigenvalue weighted by atomic mass is 10.2. The number of aromatic nitrogens is 1. The van der Waals surface area contributed by atoms with E-state index in [1.165, 1.54) is 11.3 Å². The molecule has 0 fully saturated rings. The second kappa shape index (κ2) is 9.03. The first-order valence-corrected chi connectivity index (χ1v) is 8.56. The van der Waals surface area contributed by atoms with Crippen LogP contribution < -0.4 is 14.8 Å². The number of thiazole rings is 1. The monoisotopic (exact) mass is 364 g/mol. The molecule has 1 aromatic heterocycles. The second-order valence-electron chi connectivity index (χ2n) is 5.21. The lowest BCUT2D eigenvalue weighted by Gasteiger charge is -2.08. The van der Waals surface area contributed by atoms with E-state index in [9.17, 15) is 9.59 Å². The number of carbonyl (C=O) groups is 2. The molecule has 0 aliphatic carbocycles. The van der Waals surface area contributed by atoms with Crippen LogP contribution in [-0.4, -0.2) is 42.7 Å². The summed E-state index contributed by atoms with van der Waals surface area (Å²) in [5, 5.41) is 14.0. The van der Waals surface area contributed by atoms with Crippen LogP contribution in [0.1, 0.15) is 18.5 Å². The number of amides is 1. The van der Waals surface area contributed by atoms with Gasteiger partial charge in [0.15, 0.2) is 11.5 Å². The Kier molecular flexibility index (Phi) is 6.76. The minimum atomic E-state index is -0.978. The highest BCUT2D eigenvalue weighted by molar-refractivity contribution is 7.13. The SMILES string of the molecule is COc1ccc(-c2nc(CCNC(=O)CCC(=O)O)cs2)cc1OC. The van der Waals surface area contributed by atoms with Crippen molar-refractivity contribution in [3.8, 4) is 22.1 Å². The van der Waals surface area contributed by atoms with E-state index in [-0.39, 0.29) is 18.7 Å². The average molecular weight is 364 g/mol. The number of methoxy groups -OCH3 is 2. The van der Waals surface area contributed by atoms with E-state index in [4.69, 9.17) is 14.6 Å². The zero-order valence-electron chi connectivity index (χ0n) is 14.1. The zero-order valence-corrected chi connectivity index (χ0v) is 14.9. The quantitative estimate of drug-likeness (QED) is 0.709. The third-order valence-electron chi connectivity index (χ3n) is 3.45. The maximum atomic E-state index is 11.5. The number of aliphatic carboxylic acids is 1. The molecule has 7 nitrogen and oxygen atoms in total. The van der Waals surface area contributed by atoms with Gasteiger partial charge in [-0.3, -0.25) is 9.59 Å². The summed E-state index contributed by atoms with van der Waals surface area (Å²) in [5.41, 5.74) is 1.80. The Bertz CT molecular complexity index is 744. The van der Waals surface area contributed by atoms with Crippen molar-refractivity contribution < 1.29 is 24.2 Å². The Morgan fingerprint density at radius 3 is 2.64 bits per heavy atom. The van der Waals surface area contributed by atoms with Crippen molar-refractivity contribution in [1.29, 1.82) is 0 Å². The average Bonchev–Trinajstić information content (AvgIpc) is 3.08. The van der Waals surface area contributed by atoms with Gasteiger partial charge in [0, 0.05) is 30.3 Å². The third kappa shape index (κ3) is 5.46. The van der Waals surface area contributed by atoms with Gasteiger partial charge in [0.1, 0.15) is 5.01 Å². The molecule has 0 aliphatic heterocycles. The van der Waals surface area contributed by atoms with Crippen LogP contribution in [-0.2, 0) is 16.0 Å². The molecule has 0 bridgehead atoms. The minimum Gasteiger partial charge on any atom is -0.493 e. The van der Waals surface area contributed by atoms with Crippen molar-refractivity contribution >= 4 is 23.2 Å². The number of hydrogen-bond donors (Lipinski definition) is 2. The number of carboxylic acid groups (broad SMARTS) is 1. The number of ether oxygens (including phenoxy) is 2. The highest BCUT2D eigenvalue weighted by Crippen LogP contribution is 2.33. The number of nitrogens with one attached hydrogen (secondary N) is 1. The molecule has 0 aliphatic rings. The molecule has 0 spiro atoms. The first-order valence-electron chi connectivity index (χ1n) is 7.68. The minimum absolute atomic E-state index is 0.0106. The van der Waals surface area contributed by atoms with Crippen LogP contribution in [0.15, 0.2) is 23.6 Å². The van der Waals surface area contributed by atoms with Gasteiger partial charge in [0.25, 0.3) is 0 Å². The zero-order chi connectivity index (χ0) is 18.2. The molecule has 0 unspecified atom stereocenters. The van der Waals surface area contributed by atoms with E-state index in [0.29, 0.717) is 24.5 Å². The maximum absolute atomic E-state index is 11.5. The molecule has 2 N–H and O–H groups in total. The number of nitrogens with zero attached hydrogens (tertiary/aromatic N) is 1. The summed E-state index contributed by atoms with van der Waals surface area (Å²) in [6.45, 7) is 0.424. The van der Waals surface area contributed by atoms with Gasteiger partial charge >= 0.3 is 5.97 Å².